The molecule has 0 spiro atoms. The van der Waals surface area contributed by atoms with Crippen molar-refractivity contribution in [2.24, 2.45) is 35.5 Å². The highest BCUT2D eigenvalue weighted by atomic mass is 16.6. The van der Waals surface area contributed by atoms with Gasteiger partial charge in [0.15, 0.2) is 17.0 Å². The lowest BCUT2D eigenvalue weighted by Crippen LogP contribution is -2.61. The zero-order valence-electron chi connectivity index (χ0n) is 78.7. The zero-order chi connectivity index (χ0) is 95.1. The van der Waals surface area contributed by atoms with Crippen LogP contribution in [-0.4, -0.2) is 280 Å². The number of nitrogens with two attached hydrogens (primary N) is 2. The number of allylic oxidation sites excluding steroid dienone is 6. The Hall–Kier alpha value is -10.8. The summed E-state index contributed by atoms with van der Waals surface area (Å²) in [5.41, 5.74) is 20.6. The van der Waals surface area contributed by atoms with Gasteiger partial charge < -0.3 is 84.2 Å². The van der Waals surface area contributed by atoms with E-state index < -0.39 is 83.7 Å². The fourth-order valence-corrected chi connectivity index (χ4v) is 19.0. The molecule has 8 N–H and O–H groups in total. The number of rotatable bonds is 32. The van der Waals surface area contributed by atoms with Crippen molar-refractivity contribution in [3.8, 4) is 33.6 Å². The van der Waals surface area contributed by atoms with Gasteiger partial charge >= 0.3 is 5.97 Å². The molecule has 37 heteroatoms. The summed E-state index contributed by atoms with van der Waals surface area (Å²) in [6, 6.07) is 12.0. The van der Waals surface area contributed by atoms with Crippen LogP contribution in [0, 0.1) is 35.5 Å². The van der Waals surface area contributed by atoms with Gasteiger partial charge in [-0.2, -0.15) is 10.1 Å². The maximum Gasteiger partial charge on any atom is 0.329 e. The quantitative estimate of drug-likeness (QED) is 0.00988. The second-order valence-electron chi connectivity index (χ2n) is 36.5. The number of nitrogens with one attached hydrogen (secondary N) is 1. The molecule has 5 aliphatic rings. The van der Waals surface area contributed by atoms with Crippen LogP contribution in [-0.2, 0) is 86.3 Å². The summed E-state index contributed by atoms with van der Waals surface area (Å²) in [5, 5.41) is 61.1. The van der Waals surface area contributed by atoms with Crippen LogP contribution in [0.25, 0.3) is 55.8 Å². The van der Waals surface area contributed by atoms with Gasteiger partial charge in [0.2, 0.25) is 17.6 Å². The van der Waals surface area contributed by atoms with Crippen LogP contribution in [0.5, 0.6) is 0 Å². The van der Waals surface area contributed by atoms with E-state index >= 15 is 0 Å². The van der Waals surface area contributed by atoms with Gasteiger partial charge in [-0.15, -0.1) is 10.2 Å². The van der Waals surface area contributed by atoms with Gasteiger partial charge in [0.05, 0.1) is 93.0 Å². The number of hydrogen-bond acceptors (Lipinski definition) is 32. The standard InChI is InChI=1S/C97H133N19O18/c1-60-20-12-11-13-21-61(2)81(126-8)50-74-28-25-66(7)97(125,134-74)90(122)93(123)114-34-16-14-24-77(114)94(124)132-82(51-79(118)62(3)45-65(6)88(121)89(128-10)87(120)64(5)44-60)63(4)46-67-26-29-76(83(47-67)127-9)116-78(54-105-109-116)69-23-18-22-68(48-69)71-52-101-96(102-53-71)112-37-36-111(73(57-112)58-117)55-72-56-113(110-107-72)33-19-38-129-40-42-131-43-41-130-39-31-84(119)100-32-15-17-35-115-92-85(91(98)103-59-104-92)86(108-115)70-27-30-80-75(49-70)106-95(99)133-80/h11-13,18,20-23,27,30,45,48-49,52-54,56,59-60,62-64,66-67,73-74,76-77,81-83,88-89,117,121,125H,14-17,19,24-26,28-29,31-44,46-47,50-51,55,57-58H2,1-10H3,(H2,99,106)(H,100,119)(H2,98,103,104)/b13-11+,20-12+,61-21+,65-45+/t60-,62-,63-,64-,66-,67+,73?,74+,76+,77+,81+,82+,83-,88-,89+,97-/m1/s1. The number of unbranched alkanes of at least 4 members (excludes halogenated alkanes) is 1. The number of aliphatic hydroxyl groups excluding tert-OH is 2. The van der Waals surface area contributed by atoms with E-state index in [0.717, 1.165) is 64.9 Å². The van der Waals surface area contributed by atoms with Gasteiger partial charge in [0.1, 0.15) is 53.5 Å². The predicted octanol–water partition coefficient (Wildman–Crippen LogP) is 9.59. The molecule has 8 aromatic rings. The molecule has 37 nitrogen and oxygen atoms in total. The number of methoxy groups -OCH3 is 3. The van der Waals surface area contributed by atoms with E-state index in [9.17, 15) is 44.1 Å². The van der Waals surface area contributed by atoms with Crippen LogP contribution >= 0.6 is 0 Å². The first-order valence-electron chi connectivity index (χ1n) is 47.2. The second-order valence-corrected chi connectivity index (χ2v) is 36.5. The van der Waals surface area contributed by atoms with Crippen molar-refractivity contribution in [2.45, 2.75) is 231 Å². The Kier molecular flexibility index (Phi) is 36.1. The molecule has 2 amide bonds. The average molecular weight is 1850 g/mol. The van der Waals surface area contributed by atoms with Gasteiger partial charge in [0, 0.05) is 153 Å². The molecule has 134 heavy (non-hydrogen) atoms. The Morgan fingerprint density at radius 3 is 2.33 bits per heavy atom. The number of oxazole rings is 1. The third kappa shape index (κ3) is 25.6. The molecule has 1 aliphatic carbocycles. The molecule has 10 heterocycles. The Morgan fingerprint density at radius 1 is 0.769 bits per heavy atom. The first-order valence-corrected chi connectivity index (χ1v) is 47.2. The summed E-state index contributed by atoms with van der Waals surface area (Å²) in [4.78, 5) is 114. The molecule has 1 saturated carbocycles. The van der Waals surface area contributed by atoms with Crippen molar-refractivity contribution in [3.63, 3.8) is 0 Å². The predicted molar refractivity (Wildman–Crippen MR) is 499 cm³/mol. The topological polar surface area (TPSA) is 468 Å². The molecule has 724 valence electrons. The average Bonchev–Trinajstić information content (AvgIpc) is 1.57. The summed E-state index contributed by atoms with van der Waals surface area (Å²) < 4.78 is 58.8. The molecular weight excluding hydrogens is 1720 g/mol. The number of piperazine rings is 1. The number of fused-ring (bicyclic) bond motifs is 5. The number of aromatic nitrogens is 13. The van der Waals surface area contributed by atoms with Crippen LogP contribution in [0.15, 0.2) is 126 Å². The van der Waals surface area contributed by atoms with Crippen LogP contribution in [0.2, 0.25) is 0 Å². The number of esters is 1. The Balaban J connectivity index is 0.551. The molecule has 1 unspecified atom stereocenters. The number of carbonyl (C=O) groups is 6. The second kappa shape index (κ2) is 48.1. The number of nitrogens with zero attached hydrogens (tertiary/aromatic N) is 16. The minimum atomic E-state index is -2.49. The summed E-state index contributed by atoms with van der Waals surface area (Å²) >= 11 is 0. The van der Waals surface area contributed by atoms with E-state index in [0.29, 0.717) is 175 Å². The number of hydrogen-bond donors (Lipinski definition) is 6. The number of nitrogen functional groups attached to an aromatic ring is 2. The number of carbonyl (C=O) groups excluding carboxylic acids is 6. The van der Waals surface area contributed by atoms with Crippen molar-refractivity contribution >= 4 is 75.0 Å². The third-order valence-electron chi connectivity index (χ3n) is 26.8. The molecule has 6 aromatic heterocycles. The van der Waals surface area contributed by atoms with E-state index in [4.69, 9.17) is 68.8 Å². The molecule has 0 radical (unpaired) electrons. The van der Waals surface area contributed by atoms with Gasteiger partial charge in [-0.3, -0.25) is 33.6 Å². The molecule has 3 saturated heterocycles. The van der Waals surface area contributed by atoms with Gasteiger partial charge in [0.25, 0.3) is 17.7 Å². The van der Waals surface area contributed by atoms with E-state index in [2.05, 4.69) is 56.8 Å². The Morgan fingerprint density at radius 2 is 1.55 bits per heavy atom. The third-order valence-corrected chi connectivity index (χ3v) is 26.8. The van der Waals surface area contributed by atoms with Crippen LogP contribution in [0.1, 0.15) is 163 Å². The lowest BCUT2D eigenvalue weighted by atomic mass is 9.77. The molecule has 2 bridgehead atoms. The highest BCUT2D eigenvalue weighted by Gasteiger charge is 2.53. The van der Waals surface area contributed by atoms with Crippen molar-refractivity contribution in [1.82, 2.24) is 79.8 Å². The maximum absolute atomic E-state index is 15.0. The number of cyclic esters (lactones) is 1. The van der Waals surface area contributed by atoms with Crippen LogP contribution in [0.4, 0.5) is 17.8 Å². The number of aliphatic hydroxyl groups is 3. The minimum Gasteiger partial charge on any atom is -0.460 e. The largest absolute Gasteiger partial charge is 0.460 e. The maximum atomic E-state index is 15.0. The fourth-order valence-electron chi connectivity index (χ4n) is 19.0. The molecule has 2 aromatic carbocycles. The normalized spacial score (nSPS) is 27.1. The minimum absolute atomic E-state index is 0.0196. The number of ketones is 3. The Bertz CT molecular complexity index is 5380. The highest BCUT2D eigenvalue weighted by Crippen LogP contribution is 2.43. The molecule has 16 atom stereocenters. The van der Waals surface area contributed by atoms with Crippen molar-refractivity contribution in [3.05, 3.63) is 127 Å². The number of amides is 2. The van der Waals surface area contributed by atoms with Gasteiger partial charge in [-0.1, -0.05) is 99.7 Å². The number of Topliss-reactive ketones (excluding diaryl/α,β-unsaturated/α-hetero) is 3. The van der Waals surface area contributed by atoms with Gasteiger partial charge in [-0.05, 0) is 156 Å². The van der Waals surface area contributed by atoms with Gasteiger partial charge in [-0.25, -0.2) is 34.1 Å². The molecule has 13 rings (SSSR count). The number of aryl methyl sites for hydroxylation is 2. The van der Waals surface area contributed by atoms with Crippen molar-refractivity contribution in [2.75, 3.05) is 117 Å². The first kappa shape index (κ1) is 101. The number of anilines is 3. The fraction of sp³-hybridized carbons (Fsp3) is 0.588. The number of piperidine rings is 1. The summed E-state index contributed by atoms with van der Waals surface area (Å²) in [5.74, 6) is -7.75. The molecule has 4 fully saturated rings. The van der Waals surface area contributed by atoms with E-state index in [1.165, 1.54) is 18.3 Å². The number of ether oxygens (including phenoxy) is 8. The highest BCUT2D eigenvalue weighted by molar-refractivity contribution is 6.39. The monoisotopic (exact) mass is 1850 g/mol. The number of benzene rings is 2. The summed E-state index contributed by atoms with van der Waals surface area (Å²) in [6.45, 7) is 18.9. The molecular formula is C97H133N19O18. The SMILES string of the molecule is CO[C@H]1C[C@@H]2CC[C@@H](C)[C@@](O)(O2)C(=O)C(=O)N2CCCC[C@H]2C(=O)O[C@H]([C@H](C)C[C@@H]2CC[C@H](n3nncc3-c3cccc(-c4cnc(N5CCN(Cc6cn(CCCOCCOCCOCCC(=O)NCCCCn7nc(-c8ccc9oc(N)nc9c8)c8c(N)ncnc87)nn6)C(CO)C5)nc4)c3)[C@H](OC)C2)CC(=O)[C@H](C)/C=C(\C)[C@@H](O)[C@@H](OC)C(=O)[C@H](C)C[C@H](C)/C=C/C=C/C=C/1C. The summed E-state index contributed by atoms with van der Waals surface area (Å²) in [6.07, 6.45) is 22.4. The summed E-state index contributed by atoms with van der Waals surface area (Å²) in [7, 11) is 4.64. The van der Waals surface area contributed by atoms with Crippen LogP contribution in [0.3, 0.4) is 0 Å². The molecule has 4 aliphatic heterocycles. The smallest absolute Gasteiger partial charge is 0.329 e. The van der Waals surface area contributed by atoms with Crippen LogP contribution < -0.4 is 21.7 Å². The lowest BCUT2D eigenvalue weighted by Gasteiger charge is -2.42. The van der Waals surface area contributed by atoms with Crippen molar-refractivity contribution < 1.29 is 86.4 Å². The Labute approximate surface area is 781 Å². The van der Waals surface area contributed by atoms with E-state index in [-0.39, 0.29) is 99.0 Å². The first-order chi connectivity index (χ1) is 64.7. The van der Waals surface area contributed by atoms with E-state index in [1.54, 1.807) is 62.7 Å². The van der Waals surface area contributed by atoms with Crippen molar-refractivity contribution in [1.29, 1.82) is 0 Å². The zero-order valence-corrected chi connectivity index (χ0v) is 78.7. The lowest BCUT2D eigenvalue weighted by molar-refractivity contribution is -0.265. The van der Waals surface area contributed by atoms with E-state index in [1.807, 2.05) is 112 Å².